The topological polar surface area (TPSA) is 51.2 Å². The molecule has 1 N–H and O–H groups in total. The van der Waals surface area contributed by atoms with Crippen LogP contribution in [-0.2, 0) is 0 Å². The zero-order chi connectivity index (χ0) is 12.1. The molecule has 0 saturated heterocycles. The van der Waals surface area contributed by atoms with Gasteiger partial charge in [0.1, 0.15) is 5.75 Å². The Morgan fingerprint density at radius 1 is 1.28 bits per heavy atom. The summed E-state index contributed by atoms with van der Waals surface area (Å²) in [5.41, 5.74) is 1.22. The highest BCUT2D eigenvalue weighted by atomic mass is 35.5. The number of anilines is 1. The highest BCUT2D eigenvalue weighted by molar-refractivity contribution is 6.04. The van der Waals surface area contributed by atoms with Crippen LogP contribution in [-0.4, -0.2) is 18.0 Å². The Kier molecular flexibility index (Phi) is 5.14. The maximum atomic E-state index is 11.8. The van der Waals surface area contributed by atoms with Crippen LogP contribution in [0.1, 0.15) is 10.4 Å². The summed E-state index contributed by atoms with van der Waals surface area (Å²) in [7, 11) is 1.59. The van der Waals surface area contributed by atoms with E-state index in [9.17, 15) is 4.79 Å². The standard InChI is InChI=1S/C13H12N2O2.ClH/c1-17-12-6-2-5-11(8-12)15-13(16)10-4-3-7-14-9-10;/h2-9H,1H3,(H,15,16);1H. The lowest BCUT2D eigenvalue weighted by Gasteiger charge is -2.06. The van der Waals surface area contributed by atoms with Crippen LogP contribution in [0.15, 0.2) is 48.8 Å². The summed E-state index contributed by atoms with van der Waals surface area (Å²) in [6.07, 6.45) is 3.15. The SMILES string of the molecule is COc1cccc(NC(=O)c2cccnc2)c1.Cl. The van der Waals surface area contributed by atoms with Crippen LogP contribution in [0.3, 0.4) is 0 Å². The average molecular weight is 265 g/mol. The number of halogens is 1. The monoisotopic (exact) mass is 264 g/mol. The Balaban J connectivity index is 0.00000162. The minimum Gasteiger partial charge on any atom is -0.497 e. The van der Waals surface area contributed by atoms with Crippen molar-refractivity contribution in [3.63, 3.8) is 0 Å². The number of amides is 1. The third-order valence-corrected chi connectivity index (χ3v) is 2.25. The maximum absolute atomic E-state index is 11.8. The third-order valence-electron chi connectivity index (χ3n) is 2.25. The van der Waals surface area contributed by atoms with Gasteiger partial charge in [0.15, 0.2) is 0 Å². The first-order valence-electron chi connectivity index (χ1n) is 5.15. The Morgan fingerprint density at radius 3 is 2.78 bits per heavy atom. The molecule has 0 unspecified atom stereocenters. The Morgan fingerprint density at radius 2 is 2.11 bits per heavy atom. The van der Waals surface area contributed by atoms with E-state index < -0.39 is 0 Å². The van der Waals surface area contributed by atoms with Crippen molar-refractivity contribution in [2.75, 3.05) is 12.4 Å². The Bertz CT molecular complexity index is 517. The molecule has 0 atom stereocenters. The number of nitrogens with zero attached hydrogens (tertiary/aromatic N) is 1. The third kappa shape index (κ3) is 3.46. The van der Waals surface area contributed by atoms with Gasteiger partial charge in [0.25, 0.3) is 5.91 Å². The van der Waals surface area contributed by atoms with E-state index in [2.05, 4.69) is 10.3 Å². The molecule has 0 bridgehead atoms. The van der Waals surface area contributed by atoms with E-state index in [1.165, 1.54) is 6.20 Å². The second kappa shape index (κ2) is 6.61. The molecule has 0 spiro atoms. The fourth-order valence-corrected chi connectivity index (χ4v) is 1.40. The number of hydrogen-bond acceptors (Lipinski definition) is 3. The minimum absolute atomic E-state index is 0. The van der Waals surface area contributed by atoms with Crippen LogP contribution in [0.5, 0.6) is 5.75 Å². The van der Waals surface area contributed by atoms with Crippen molar-refractivity contribution < 1.29 is 9.53 Å². The summed E-state index contributed by atoms with van der Waals surface area (Å²) >= 11 is 0. The van der Waals surface area contributed by atoms with Gasteiger partial charge in [-0.15, -0.1) is 12.4 Å². The molecule has 0 aliphatic heterocycles. The number of nitrogens with one attached hydrogen (secondary N) is 1. The number of carbonyl (C=O) groups excluding carboxylic acids is 1. The van der Waals surface area contributed by atoms with Gasteiger partial charge in [-0.25, -0.2) is 0 Å². The summed E-state index contributed by atoms with van der Waals surface area (Å²) in [4.78, 5) is 15.7. The predicted octanol–water partition coefficient (Wildman–Crippen LogP) is 2.76. The van der Waals surface area contributed by atoms with Gasteiger partial charge in [-0.2, -0.15) is 0 Å². The molecular weight excluding hydrogens is 252 g/mol. The summed E-state index contributed by atoms with van der Waals surface area (Å²) < 4.78 is 5.08. The number of methoxy groups -OCH3 is 1. The molecule has 0 aliphatic carbocycles. The summed E-state index contributed by atoms with van der Waals surface area (Å²) in [5, 5.41) is 2.77. The van der Waals surface area contributed by atoms with Gasteiger partial charge in [-0.1, -0.05) is 6.07 Å². The maximum Gasteiger partial charge on any atom is 0.257 e. The van der Waals surface area contributed by atoms with Crippen molar-refractivity contribution in [3.05, 3.63) is 54.4 Å². The van der Waals surface area contributed by atoms with Crippen molar-refractivity contribution in [3.8, 4) is 5.75 Å². The molecule has 0 radical (unpaired) electrons. The second-order valence-corrected chi connectivity index (χ2v) is 3.43. The lowest BCUT2D eigenvalue weighted by Crippen LogP contribution is -2.11. The fourth-order valence-electron chi connectivity index (χ4n) is 1.40. The number of benzene rings is 1. The summed E-state index contributed by atoms with van der Waals surface area (Å²) in [6, 6.07) is 10.6. The minimum atomic E-state index is -0.189. The van der Waals surface area contributed by atoms with Crippen LogP contribution in [0.4, 0.5) is 5.69 Å². The zero-order valence-corrected chi connectivity index (χ0v) is 10.6. The van der Waals surface area contributed by atoms with Gasteiger partial charge in [-0.3, -0.25) is 9.78 Å². The van der Waals surface area contributed by atoms with Crippen LogP contribution in [0.25, 0.3) is 0 Å². The van der Waals surface area contributed by atoms with E-state index in [-0.39, 0.29) is 18.3 Å². The molecule has 94 valence electrons. The van der Waals surface area contributed by atoms with Gasteiger partial charge < -0.3 is 10.1 Å². The zero-order valence-electron chi connectivity index (χ0n) is 9.79. The molecule has 18 heavy (non-hydrogen) atoms. The van der Waals surface area contributed by atoms with E-state index in [1.807, 2.05) is 12.1 Å². The van der Waals surface area contributed by atoms with Gasteiger partial charge in [0.05, 0.1) is 12.7 Å². The highest BCUT2D eigenvalue weighted by Gasteiger charge is 2.05. The van der Waals surface area contributed by atoms with Gasteiger partial charge in [0, 0.05) is 24.1 Å². The molecule has 1 aromatic heterocycles. The second-order valence-electron chi connectivity index (χ2n) is 3.43. The van der Waals surface area contributed by atoms with Crippen molar-refractivity contribution in [2.24, 2.45) is 0 Å². The van der Waals surface area contributed by atoms with Gasteiger partial charge in [0.2, 0.25) is 0 Å². The lowest BCUT2D eigenvalue weighted by molar-refractivity contribution is 0.102. The molecule has 2 aromatic rings. The molecule has 0 fully saturated rings. The number of carbonyl (C=O) groups is 1. The van der Waals surface area contributed by atoms with Crippen molar-refractivity contribution in [1.29, 1.82) is 0 Å². The predicted molar refractivity (Wildman–Crippen MR) is 72.4 cm³/mol. The van der Waals surface area contributed by atoms with E-state index in [1.54, 1.807) is 37.6 Å². The van der Waals surface area contributed by atoms with Crippen LogP contribution >= 0.6 is 12.4 Å². The lowest BCUT2D eigenvalue weighted by atomic mass is 10.2. The number of rotatable bonds is 3. The van der Waals surface area contributed by atoms with E-state index in [0.717, 1.165) is 0 Å². The van der Waals surface area contributed by atoms with E-state index in [4.69, 9.17) is 4.74 Å². The van der Waals surface area contributed by atoms with Gasteiger partial charge in [-0.05, 0) is 24.3 Å². The number of aromatic nitrogens is 1. The number of hydrogen-bond donors (Lipinski definition) is 1. The first-order valence-corrected chi connectivity index (χ1v) is 5.15. The molecule has 4 nitrogen and oxygen atoms in total. The largest absolute Gasteiger partial charge is 0.497 e. The van der Waals surface area contributed by atoms with Crippen molar-refractivity contribution in [2.45, 2.75) is 0 Å². The van der Waals surface area contributed by atoms with Gasteiger partial charge >= 0.3 is 0 Å². The molecule has 0 aliphatic rings. The first-order chi connectivity index (χ1) is 8.29. The fraction of sp³-hybridized carbons (Fsp3) is 0.0769. The Labute approximate surface area is 111 Å². The van der Waals surface area contributed by atoms with Crippen LogP contribution in [0, 0.1) is 0 Å². The molecule has 2 rings (SSSR count). The average Bonchev–Trinajstić information content (AvgIpc) is 2.40. The molecular formula is C13H13ClN2O2. The Hall–Kier alpha value is -2.07. The van der Waals surface area contributed by atoms with Crippen molar-refractivity contribution in [1.82, 2.24) is 4.98 Å². The van der Waals surface area contributed by atoms with E-state index in [0.29, 0.717) is 17.0 Å². The summed E-state index contributed by atoms with van der Waals surface area (Å²) in [5.74, 6) is 0.514. The normalized spacial score (nSPS) is 9.17. The number of ether oxygens (including phenoxy) is 1. The molecule has 1 aromatic carbocycles. The quantitative estimate of drug-likeness (QED) is 0.927. The first kappa shape index (κ1) is 14.0. The summed E-state index contributed by atoms with van der Waals surface area (Å²) in [6.45, 7) is 0. The van der Waals surface area contributed by atoms with E-state index >= 15 is 0 Å². The highest BCUT2D eigenvalue weighted by Crippen LogP contribution is 2.17. The van der Waals surface area contributed by atoms with Crippen LogP contribution in [0.2, 0.25) is 0 Å². The molecule has 0 saturated carbocycles. The molecule has 5 heteroatoms. The molecule has 1 amide bonds. The molecule has 1 heterocycles. The van der Waals surface area contributed by atoms with Crippen LogP contribution < -0.4 is 10.1 Å². The smallest absolute Gasteiger partial charge is 0.257 e. The van der Waals surface area contributed by atoms with Crippen molar-refractivity contribution >= 4 is 24.0 Å². The number of pyridine rings is 1.